The molecule has 0 atom stereocenters. The molecule has 0 saturated carbocycles. The Bertz CT molecular complexity index is 1670. The second kappa shape index (κ2) is 15.5. The Hall–Kier alpha value is -3.68. The molecule has 2 heterocycles. The quantitative estimate of drug-likeness (QED) is 0.117. The number of hydrogen-bond acceptors (Lipinski definition) is 8. The van der Waals surface area contributed by atoms with Gasteiger partial charge in [0.05, 0.1) is 30.3 Å². The molecule has 238 valence electrons. The minimum atomic E-state index is -0.973. The highest BCUT2D eigenvalue weighted by molar-refractivity contribution is 7.73. The lowest BCUT2D eigenvalue weighted by atomic mass is 10.00. The van der Waals surface area contributed by atoms with Gasteiger partial charge in [-0.2, -0.15) is 0 Å². The summed E-state index contributed by atoms with van der Waals surface area (Å²) in [6.07, 6.45) is 1.00. The van der Waals surface area contributed by atoms with Crippen LogP contribution < -0.4 is 4.74 Å². The van der Waals surface area contributed by atoms with E-state index >= 15 is 0 Å². The van der Waals surface area contributed by atoms with Crippen molar-refractivity contribution in [1.82, 2.24) is 9.47 Å². The standard InChI is InChI=1S/C33H34F2N2O6S2/c34-27-8-7-25(20-28(27)35)26-18-23(4-9-29(26)43-17-13-36-11-15-41-16-12-36)19-30-31(38)37(33(44)45-30)10-1-14-42-21-22-2-5-24(6-3-22)32(39)40/h2-9,18,20,38H,1,10-17,19,21H2,(H,39,40). The molecule has 0 bridgehead atoms. The van der Waals surface area contributed by atoms with Crippen LogP contribution in [-0.4, -0.2) is 71.7 Å². The second-order valence-electron chi connectivity index (χ2n) is 10.6. The zero-order valence-corrected chi connectivity index (χ0v) is 26.2. The number of halogens is 2. The van der Waals surface area contributed by atoms with Gasteiger partial charge in [-0.05, 0) is 71.7 Å². The molecule has 0 aliphatic carbocycles. The molecule has 5 rings (SSSR count). The first kappa shape index (κ1) is 32.7. The smallest absolute Gasteiger partial charge is 0.335 e. The van der Waals surface area contributed by atoms with Crippen LogP contribution in [0.5, 0.6) is 11.6 Å². The van der Waals surface area contributed by atoms with Crippen LogP contribution in [0, 0.1) is 15.6 Å². The molecule has 12 heteroatoms. The number of carboxylic acids is 1. The summed E-state index contributed by atoms with van der Waals surface area (Å²) in [4.78, 5) is 13.9. The van der Waals surface area contributed by atoms with E-state index in [4.69, 9.17) is 31.5 Å². The summed E-state index contributed by atoms with van der Waals surface area (Å²) in [5, 5.41) is 20.0. The molecule has 0 spiro atoms. The Morgan fingerprint density at radius 1 is 0.956 bits per heavy atom. The third kappa shape index (κ3) is 8.74. The van der Waals surface area contributed by atoms with Gasteiger partial charge in [0.25, 0.3) is 0 Å². The Morgan fingerprint density at radius 2 is 1.71 bits per heavy atom. The largest absolute Gasteiger partial charge is 0.494 e. The van der Waals surface area contributed by atoms with Crippen LogP contribution in [0.15, 0.2) is 60.7 Å². The van der Waals surface area contributed by atoms with E-state index in [0.717, 1.165) is 42.9 Å². The van der Waals surface area contributed by atoms with Gasteiger partial charge in [0.2, 0.25) is 5.88 Å². The van der Waals surface area contributed by atoms with Crippen LogP contribution in [-0.2, 0) is 29.0 Å². The first-order valence-electron chi connectivity index (χ1n) is 14.6. The Morgan fingerprint density at radius 3 is 2.44 bits per heavy atom. The number of aromatic hydroxyl groups is 1. The van der Waals surface area contributed by atoms with Gasteiger partial charge in [0.1, 0.15) is 12.4 Å². The Kier molecular flexibility index (Phi) is 11.3. The number of aromatic nitrogens is 1. The lowest BCUT2D eigenvalue weighted by Gasteiger charge is -2.26. The topological polar surface area (TPSA) is 93.4 Å². The van der Waals surface area contributed by atoms with Crippen LogP contribution >= 0.6 is 23.6 Å². The maximum absolute atomic E-state index is 14.2. The number of aromatic carboxylic acids is 1. The number of ether oxygens (including phenoxy) is 3. The molecular formula is C33H34F2N2O6S2. The number of rotatable bonds is 14. The molecule has 1 fully saturated rings. The van der Waals surface area contributed by atoms with Crippen molar-refractivity contribution in [3.05, 3.63) is 97.8 Å². The summed E-state index contributed by atoms with van der Waals surface area (Å²) in [5.41, 5.74) is 3.07. The summed E-state index contributed by atoms with van der Waals surface area (Å²) >= 11 is 6.86. The highest BCUT2D eigenvalue weighted by atomic mass is 32.1. The summed E-state index contributed by atoms with van der Waals surface area (Å²) in [6, 6.07) is 15.9. The molecule has 8 nitrogen and oxygen atoms in total. The van der Waals surface area contributed by atoms with Crippen molar-refractivity contribution in [3.63, 3.8) is 0 Å². The molecule has 0 radical (unpaired) electrons. The predicted octanol–water partition coefficient (Wildman–Crippen LogP) is 6.54. The van der Waals surface area contributed by atoms with Crippen LogP contribution in [0.4, 0.5) is 8.78 Å². The molecule has 3 aromatic carbocycles. The van der Waals surface area contributed by atoms with Crippen molar-refractivity contribution in [2.75, 3.05) is 46.1 Å². The molecule has 4 aromatic rings. The number of morpholine rings is 1. The molecule has 1 aliphatic rings. The van der Waals surface area contributed by atoms with Crippen molar-refractivity contribution in [2.45, 2.75) is 26.0 Å². The van der Waals surface area contributed by atoms with Gasteiger partial charge in [-0.1, -0.05) is 24.3 Å². The predicted molar refractivity (Wildman–Crippen MR) is 170 cm³/mol. The lowest BCUT2D eigenvalue weighted by molar-refractivity contribution is 0.0323. The zero-order chi connectivity index (χ0) is 31.8. The summed E-state index contributed by atoms with van der Waals surface area (Å²) in [6.45, 7) is 5.45. The third-order valence-electron chi connectivity index (χ3n) is 7.48. The van der Waals surface area contributed by atoms with Gasteiger partial charge in [-0.3, -0.25) is 9.47 Å². The second-order valence-corrected chi connectivity index (χ2v) is 12.3. The number of benzene rings is 3. The van der Waals surface area contributed by atoms with Crippen molar-refractivity contribution in [3.8, 4) is 22.8 Å². The average molecular weight is 657 g/mol. The summed E-state index contributed by atoms with van der Waals surface area (Å²) in [5.74, 6) is -2.18. The van der Waals surface area contributed by atoms with Crippen molar-refractivity contribution < 1.29 is 38.0 Å². The van der Waals surface area contributed by atoms with E-state index < -0.39 is 17.6 Å². The van der Waals surface area contributed by atoms with Gasteiger partial charge in [-0.25, -0.2) is 13.6 Å². The number of thiazole rings is 1. The first-order chi connectivity index (χ1) is 21.8. The highest BCUT2D eigenvalue weighted by Crippen LogP contribution is 2.35. The molecule has 0 amide bonds. The summed E-state index contributed by atoms with van der Waals surface area (Å²) in [7, 11) is 0. The lowest BCUT2D eigenvalue weighted by Crippen LogP contribution is -2.38. The normalized spacial score (nSPS) is 13.6. The van der Waals surface area contributed by atoms with Gasteiger partial charge >= 0.3 is 5.97 Å². The fourth-order valence-corrected chi connectivity index (χ4v) is 6.43. The molecule has 0 unspecified atom stereocenters. The van der Waals surface area contributed by atoms with Gasteiger partial charge < -0.3 is 24.4 Å². The van der Waals surface area contributed by atoms with Crippen molar-refractivity contribution in [2.24, 2.45) is 0 Å². The Labute approximate surface area is 269 Å². The fraction of sp³-hybridized carbons (Fsp3) is 0.333. The third-order valence-corrected chi connectivity index (χ3v) is 8.92. The van der Waals surface area contributed by atoms with Crippen LogP contribution in [0.3, 0.4) is 0 Å². The van der Waals surface area contributed by atoms with Gasteiger partial charge in [-0.15, -0.1) is 11.3 Å². The van der Waals surface area contributed by atoms with Crippen LogP contribution in [0.25, 0.3) is 11.1 Å². The Balaban J connectivity index is 1.23. The molecule has 2 N–H and O–H groups in total. The number of hydrogen-bond donors (Lipinski definition) is 2. The van der Waals surface area contributed by atoms with E-state index in [1.807, 2.05) is 18.2 Å². The number of nitrogens with zero attached hydrogens (tertiary/aromatic N) is 2. The van der Waals surface area contributed by atoms with E-state index in [-0.39, 0.29) is 11.4 Å². The molecular weight excluding hydrogens is 623 g/mol. The summed E-state index contributed by atoms with van der Waals surface area (Å²) < 4.78 is 47.4. The molecule has 1 saturated heterocycles. The number of carbonyl (C=O) groups is 1. The van der Waals surface area contributed by atoms with E-state index in [9.17, 15) is 18.7 Å². The number of carboxylic acid groups (broad SMARTS) is 1. The first-order valence-corrected chi connectivity index (χ1v) is 15.8. The van der Waals surface area contributed by atoms with Gasteiger partial charge in [0, 0.05) is 44.8 Å². The van der Waals surface area contributed by atoms with Crippen LogP contribution in [0.2, 0.25) is 0 Å². The van der Waals surface area contributed by atoms with E-state index in [1.165, 1.54) is 17.4 Å². The SMILES string of the molecule is O=C(O)c1ccc(COCCCn2c(O)c(Cc3ccc(OCCN4CCOCC4)c(-c4ccc(F)c(F)c4)c3)sc2=S)cc1. The monoisotopic (exact) mass is 656 g/mol. The average Bonchev–Trinajstić information content (AvgIpc) is 3.30. The van der Waals surface area contributed by atoms with E-state index in [0.29, 0.717) is 78.1 Å². The molecule has 1 aromatic heterocycles. The van der Waals surface area contributed by atoms with E-state index in [1.54, 1.807) is 28.8 Å². The van der Waals surface area contributed by atoms with Crippen molar-refractivity contribution >= 4 is 29.5 Å². The van der Waals surface area contributed by atoms with Crippen molar-refractivity contribution in [1.29, 1.82) is 0 Å². The molecule has 45 heavy (non-hydrogen) atoms. The highest BCUT2D eigenvalue weighted by Gasteiger charge is 2.17. The van der Waals surface area contributed by atoms with Crippen LogP contribution in [0.1, 0.15) is 32.8 Å². The minimum absolute atomic E-state index is 0.0921. The fourth-order valence-electron chi connectivity index (χ4n) is 5.01. The van der Waals surface area contributed by atoms with E-state index in [2.05, 4.69) is 4.90 Å². The maximum Gasteiger partial charge on any atom is 0.335 e. The van der Waals surface area contributed by atoms with Gasteiger partial charge in [0.15, 0.2) is 15.6 Å². The minimum Gasteiger partial charge on any atom is -0.494 e. The maximum atomic E-state index is 14.2. The molecule has 1 aliphatic heterocycles. The zero-order valence-electron chi connectivity index (χ0n) is 24.5.